The molecule has 2 unspecified atom stereocenters. The highest BCUT2D eigenvalue weighted by atomic mass is 19.1. The highest BCUT2D eigenvalue weighted by molar-refractivity contribution is 6.03. The zero-order chi connectivity index (χ0) is 24.7. The van der Waals surface area contributed by atoms with Crippen LogP contribution in [-0.2, 0) is 17.9 Å². The van der Waals surface area contributed by atoms with Gasteiger partial charge in [0.15, 0.2) is 18.2 Å². The van der Waals surface area contributed by atoms with Gasteiger partial charge < -0.3 is 14.7 Å². The number of rotatable bonds is 4. The lowest BCUT2D eigenvalue weighted by molar-refractivity contribution is -0.127. The van der Waals surface area contributed by atoms with Gasteiger partial charge in [0.25, 0.3) is 5.91 Å². The first-order valence-electron chi connectivity index (χ1n) is 12.0. The van der Waals surface area contributed by atoms with Gasteiger partial charge >= 0.3 is 6.03 Å². The van der Waals surface area contributed by atoms with Crippen molar-refractivity contribution in [1.82, 2.24) is 24.9 Å². The third-order valence-electron chi connectivity index (χ3n) is 7.16. The van der Waals surface area contributed by atoms with Gasteiger partial charge in [-0.25, -0.2) is 14.2 Å². The Kier molecular flexibility index (Phi) is 6.19. The van der Waals surface area contributed by atoms with Gasteiger partial charge in [-0.3, -0.25) is 15.0 Å². The summed E-state index contributed by atoms with van der Waals surface area (Å²) in [5, 5.41) is 2.48. The number of aliphatic imine (C=N–C) groups is 1. The number of aryl methyl sites for hydroxylation is 2. The van der Waals surface area contributed by atoms with Crippen molar-refractivity contribution in [1.29, 1.82) is 0 Å². The first kappa shape index (κ1) is 23.3. The van der Waals surface area contributed by atoms with Crippen LogP contribution in [0, 0.1) is 19.7 Å². The maximum Gasteiger partial charge on any atom is 0.325 e. The number of halogens is 1. The van der Waals surface area contributed by atoms with Crippen molar-refractivity contribution >= 4 is 17.9 Å². The molecule has 8 nitrogen and oxygen atoms in total. The molecule has 2 aromatic carbocycles. The van der Waals surface area contributed by atoms with Crippen LogP contribution in [0.25, 0.3) is 0 Å². The molecule has 184 valence electrons. The van der Waals surface area contributed by atoms with Crippen molar-refractivity contribution in [2.75, 3.05) is 33.2 Å². The lowest BCUT2D eigenvalue weighted by atomic mass is 10.0. The van der Waals surface area contributed by atoms with E-state index in [2.05, 4.69) is 52.1 Å². The second-order valence-electron chi connectivity index (χ2n) is 9.64. The van der Waals surface area contributed by atoms with Crippen molar-refractivity contribution in [2.24, 2.45) is 4.99 Å². The van der Waals surface area contributed by atoms with Crippen molar-refractivity contribution in [2.45, 2.75) is 39.1 Å². The van der Waals surface area contributed by atoms with Gasteiger partial charge in [-0.1, -0.05) is 35.9 Å². The summed E-state index contributed by atoms with van der Waals surface area (Å²) in [6.07, 6.45) is -0.548. The van der Waals surface area contributed by atoms with Crippen LogP contribution in [0.1, 0.15) is 22.3 Å². The van der Waals surface area contributed by atoms with Crippen LogP contribution >= 0.6 is 0 Å². The third-order valence-corrected chi connectivity index (χ3v) is 7.16. The largest absolute Gasteiger partial charge is 0.340 e. The van der Waals surface area contributed by atoms with Gasteiger partial charge in [0.2, 0.25) is 0 Å². The predicted molar refractivity (Wildman–Crippen MR) is 131 cm³/mol. The number of hydrogen-bond acceptors (Lipinski definition) is 6. The fourth-order valence-electron chi connectivity index (χ4n) is 5.05. The van der Waals surface area contributed by atoms with Gasteiger partial charge in [0, 0.05) is 46.3 Å². The summed E-state index contributed by atoms with van der Waals surface area (Å²) in [5.41, 5.74) is 4.54. The van der Waals surface area contributed by atoms with Crippen LogP contribution in [0.5, 0.6) is 0 Å². The Balaban J connectivity index is 1.36. The van der Waals surface area contributed by atoms with Crippen molar-refractivity contribution in [3.63, 3.8) is 0 Å². The first-order chi connectivity index (χ1) is 16.8. The Hall–Kier alpha value is -3.46. The van der Waals surface area contributed by atoms with E-state index in [4.69, 9.17) is 4.99 Å². The van der Waals surface area contributed by atoms with E-state index in [9.17, 15) is 14.0 Å². The number of nitrogens with one attached hydrogen (secondary N) is 1. The average molecular weight is 479 g/mol. The van der Waals surface area contributed by atoms with Gasteiger partial charge in [-0.15, -0.1) is 0 Å². The Morgan fingerprint density at radius 1 is 1.00 bits per heavy atom. The minimum absolute atomic E-state index is 0.226. The summed E-state index contributed by atoms with van der Waals surface area (Å²) < 4.78 is 13.2. The number of piperazine rings is 1. The van der Waals surface area contributed by atoms with E-state index in [0.29, 0.717) is 6.54 Å². The molecule has 0 aliphatic carbocycles. The summed E-state index contributed by atoms with van der Waals surface area (Å²) in [7, 11) is 1.68. The molecule has 3 aliphatic rings. The summed E-state index contributed by atoms with van der Waals surface area (Å²) in [4.78, 5) is 38.3. The molecular formula is C26H31FN6O2. The molecule has 0 spiro atoms. The van der Waals surface area contributed by atoms with Crippen LogP contribution < -0.4 is 5.32 Å². The number of fused-ring (bicyclic) bond motifs is 1. The standard InChI is InChI=1S/C26H31FN6O2/c1-17-4-5-18(2)20(14-17)16-33-22-23(30(3)26(35)29-24(22)34)28-25(33)32-12-10-31(11-13-32)15-19-6-8-21(27)9-7-19/h4-9,14,22-23H,10-13,15-16H2,1-3H3,(H,29,34,35). The number of carbonyl (C=O) groups is 2. The highest BCUT2D eigenvalue weighted by Gasteiger charge is 2.49. The zero-order valence-electron chi connectivity index (χ0n) is 20.4. The summed E-state index contributed by atoms with van der Waals surface area (Å²) >= 11 is 0. The summed E-state index contributed by atoms with van der Waals surface area (Å²) in [6, 6.07) is 12.0. The Bertz CT molecular complexity index is 1160. The molecule has 1 N–H and O–H groups in total. The van der Waals surface area contributed by atoms with E-state index in [-0.39, 0.29) is 11.7 Å². The number of guanidine groups is 1. The number of carbonyl (C=O) groups excluding carboxylic acids is 2. The molecule has 2 fully saturated rings. The van der Waals surface area contributed by atoms with Gasteiger partial charge in [-0.05, 0) is 42.7 Å². The molecule has 0 saturated carbocycles. The van der Waals surface area contributed by atoms with Crippen molar-refractivity contribution < 1.29 is 14.0 Å². The van der Waals surface area contributed by atoms with E-state index in [1.54, 1.807) is 7.05 Å². The van der Waals surface area contributed by atoms with E-state index >= 15 is 0 Å². The smallest absolute Gasteiger partial charge is 0.325 e. The second kappa shape index (κ2) is 9.30. The summed E-state index contributed by atoms with van der Waals surface area (Å²) in [5.74, 6) is 0.229. The molecule has 0 aromatic heterocycles. The van der Waals surface area contributed by atoms with Crippen LogP contribution in [0.2, 0.25) is 0 Å². The fraction of sp³-hybridized carbons (Fsp3) is 0.423. The topological polar surface area (TPSA) is 71.5 Å². The molecule has 35 heavy (non-hydrogen) atoms. The molecule has 3 aliphatic heterocycles. The van der Waals surface area contributed by atoms with Gasteiger partial charge in [-0.2, -0.15) is 0 Å². The lowest BCUT2D eigenvalue weighted by Gasteiger charge is -2.40. The molecule has 3 heterocycles. The average Bonchev–Trinajstić information content (AvgIpc) is 3.22. The van der Waals surface area contributed by atoms with Gasteiger partial charge in [0.1, 0.15) is 5.82 Å². The Morgan fingerprint density at radius 2 is 1.71 bits per heavy atom. The molecule has 9 heteroatoms. The molecular weight excluding hydrogens is 447 g/mol. The molecule has 0 radical (unpaired) electrons. The predicted octanol–water partition coefficient (Wildman–Crippen LogP) is 2.31. The lowest BCUT2D eigenvalue weighted by Crippen LogP contribution is -2.64. The second-order valence-corrected chi connectivity index (χ2v) is 9.64. The zero-order valence-corrected chi connectivity index (χ0v) is 20.4. The van der Waals surface area contributed by atoms with Crippen molar-refractivity contribution in [3.8, 4) is 0 Å². The molecule has 2 aromatic rings. The van der Waals surface area contributed by atoms with Crippen LogP contribution in [0.15, 0.2) is 47.5 Å². The highest BCUT2D eigenvalue weighted by Crippen LogP contribution is 2.28. The van der Waals surface area contributed by atoms with E-state index in [0.717, 1.165) is 60.9 Å². The Labute approximate surface area is 205 Å². The number of hydrogen-bond donors (Lipinski definition) is 1. The molecule has 2 saturated heterocycles. The van der Waals surface area contributed by atoms with Crippen molar-refractivity contribution in [3.05, 3.63) is 70.5 Å². The van der Waals surface area contributed by atoms with E-state index in [1.165, 1.54) is 17.0 Å². The quantitative estimate of drug-likeness (QED) is 0.730. The van der Waals surface area contributed by atoms with E-state index < -0.39 is 18.2 Å². The van der Waals surface area contributed by atoms with Gasteiger partial charge in [0.05, 0.1) is 0 Å². The number of likely N-dealkylation sites (N-methyl/N-ethyl adjacent to an activating group) is 1. The maximum absolute atomic E-state index is 13.2. The van der Waals surface area contributed by atoms with Crippen LogP contribution in [-0.4, -0.2) is 82.9 Å². The minimum atomic E-state index is -0.565. The Morgan fingerprint density at radius 3 is 2.43 bits per heavy atom. The monoisotopic (exact) mass is 478 g/mol. The maximum atomic E-state index is 13.2. The third kappa shape index (κ3) is 4.60. The van der Waals surface area contributed by atoms with Crippen LogP contribution in [0.4, 0.5) is 9.18 Å². The number of benzene rings is 2. The summed E-state index contributed by atoms with van der Waals surface area (Å²) in [6.45, 7) is 8.59. The minimum Gasteiger partial charge on any atom is -0.340 e. The molecule has 2 atom stereocenters. The van der Waals surface area contributed by atoms with E-state index in [1.807, 2.05) is 12.1 Å². The molecule has 5 rings (SSSR count). The molecule has 3 amide bonds. The first-order valence-corrected chi connectivity index (χ1v) is 12.0. The number of nitrogens with zero attached hydrogens (tertiary/aromatic N) is 5. The normalized spacial score (nSPS) is 22.9. The number of imide groups is 1. The number of amides is 3. The fourth-order valence-corrected chi connectivity index (χ4v) is 5.05. The number of urea groups is 1. The van der Waals surface area contributed by atoms with Crippen LogP contribution in [0.3, 0.4) is 0 Å². The SMILES string of the molecule is Cc1ccc(C)c(CN2C(N3CCN(Cc4ccc(F)cc4)CC3)=NC3C2C(=O)NC(=O)N3C)c1. The molecule has 0 bridgehead atoms.